The topological polar surface area (TPSA) is 66.8 Å². The zero-order valence-corrected chi connectivity index (χ0v) is 13.7. The normalized spacial score (nSPS) is 19.3. The van der Waals surface area contributed by atoms with Gasteiger partial charge < -0.3 is 14.7 Å². The second-order valence-electron chi connectivity index (χ2n) is 5.66. The van der Waals surface area contributed by atoms with E-state index in [0.717, 1.165) is 4.90 Å². The van der Waals surface area contributed by atoms with E-state index >= 15 is 0 Å². The number of carbonyl (C=O) groups excluding carboxylic acids is 2. The van der Waals surface area contributed by atoms with Crippen LogP contribution in [-0.4, -0.2) is 35.9 Å². The third-order valence-corrected chi connectivity index (χ3v) is 4.24. The lowest BCUT2D eigenvalue weighted by molar-refractivity contribution is -0.139. The first kappa shape index (κ1) is 16.7. The van der Waals surface area contributed by atoms with Crippen LogP contribution in [0.5, 0.6) is 5.75 Å². The van der Waals surface area contributed by atoms with Crippen molar-refractivity contribution in [3.8, 4) is 5.75 Å². The minimum atomic E-state index is -0.983. The number of rotatable bonds is 3. The van der Waals surface area contributed by atoms with Crippen molar-refractivity contribution >= 4 is 17.4 Å². The molecular weight excluding hydrogens is 325 g/mol. The summed E-state index contributed by atoms with van der Waals surface area (Å²) in [5.74, 6) is -1.95. The number of ketones is 1. The number of hydrogen-bond donors (Lipinski definition) is 1. The Morgan fingerprint density at radius 1 is 1.12 bits per heavy atom. The van der Waals surface area contributed by atoms with Crippen molar-refractivity contribution in [3.63, 3.8) is 0 Å². The molecule has 0 radical (unpaired) electrons. The number of benzene rings is 2. The van der Waals surface area contributed by atoms with Crippen molar-refractivity contribution in [2.24, 2.45) is 0 Å². The third kappa shape index (κ3) is 2.76. The lowest BCUT2D eigenvalue weighted by Crippen LogP contribution is -2.25. The van der Waals surface area contributed by atoms with Crippen LogP contribution in [-0.2, 0) is 9.59 Å². The van der Waals surface area contributed by atoms with Gasteiger partial charge in [-0.25, -0.2) is 4.39 Å². The molecule has 0 unspecified atom stereocenters. The number of carbonyl (C=O) groups is 2. The summed E-state index contributed by atoms with van der Waals surface area (Å²) in [6.45, 7) is 0. The number of aliphatic hydroxyl groups excluding tert-OH is 1. The Morgan fingerprint density at radius 3 is 2.36 bits per heavy atom. The van der Waals surface area contributed by atoms with Crippen molar-refractivity contribution in [2.75, 3.05) is 14.2 Å². The summed E-state index contributed by atoms with van der Waals surface area (Å²) < 4.78 is 19.3. The van der Waals surface area contributed by atoms with E-state index in [2.05, 4.69) is 0 Å². The third-order valence-electron chi connectivity index (χ3n) is 4.24. The Kier molecular flexibility index (Phi) is 4.27. The highest BCUT2D eigenvalue weighted by atomic mass is 19.1. The molecule has 1 aliphatic rings. The second kappa shape index (κ2) is 6.39. The molecule has 1 saturated heterocycles. The van der Waals surface area contributed by atoms with E-state index in [4.69, 9.17) is 4.74 Å². The van der Waals surface area contributed by atoms with Gasteiger partial charge in [0.15, 0.2) is 0 Å². The van der Waals surface area contributed by atoms with Crippen LogP contribution in [0, 0.1) is 5.82 Å². The minimum Gasteiger partial charge on any atom is -0.507 e. The summed E-state index contributed by atoms with van der Waals surface area (Å²) in [5, 5.41) is 10.6. The average molecular weight is 341 g/mol. The van der Waals surface area contributed by atoms with E-state index in [1.54, 1.807) is 30.3 Å². The molecule has 0 bridgehead atoms. The summed E-state index contributed by atoms with van der Waals surface area (Å²) in [6, 6.07) is 11.3. The zero-order valence-electron chi connectivity index (χ0n) is 13.7. The first-order valence-corrected chi connectivity index (χ1v) is 7.59. The molecule has 1 aliphatic heterocycles. The summed E-state index contributed by atoms with van der Waals surface area (Å²) >= 11 is 0. The van der Waals surface area contributed by atoms with Crippen molar-refractivity contribution in [2.45, 2.75) is 6.04 Å². The molecule has 1 fully saturated rings. The van der Waals surface area contributed by atoms with Gasteiger partial charge in [0.05, 0.1) is 18.7 Å². The fourth-order valence-electron chi connectivity index (χ4n) is 2.91. The standard InChI is InChI=1S/C19H16FNO4/c1-21-16(13-5-3-4-6-14(13)20)15(18(23)19(21)24)17(22)11-7-9-12(25-2)10-8-11/h3-10,16,22H,1-2H3/b17-15+/t16-/m1/s1. The number of likely N-dealkylation sites (tertiary alicyclic amines) is 1. The van der Waals surface area contributed by atoms with Gasteiger partial charge in [-0.05, 0) is 30.3 Å². The van der Waals surface area contributed by atoms with Gasteiger partial charge >= 0.3 is 0 Å². The Hall–Kier alpha value is -3.15. The Morgan fingerprint density at radius 2 is 1.76 bits per heavy atom. The van der Waals surface area contributed by atoms with Gasteiger partial charge in [0.2, 0.25) is 0 Å². The molecule has 6 heteroatoms. The Labute approximate surface area is 144 Å². The molecule has 2 aromatic carbocycles. The van der Waals surface area contributed by atoms with Gasteiger partial charge in [0.1, 0.15) is 17.3 Å². The predicted molar refractivity (Wildman–Crippen MR) is 89.5 cm³/mol. The molecule has 0 aromatic heterocycles. The molecule has 0 saturated carbocycles. The minimum absolute atomic E-state index is 0.136. The number of halogens is 1. The Bertz CT molecular complexity index is 873. The largest absolute Gasteiger partial charge is 0.507 e. The van der Waals surface area contributed by atoms with Crippen LogP contribution in [0.25, 0.3) is 5.76 Å². The molecule has 0 aliphatic carbocycles. The molecule has 3 rings (SSSR count). The van der Waals surface area contributed by atoms with Gasteiger partial charge in [-0.1, -0.05) is 18.2 Å². The van der Waals surface area contributed by atoms with E-state index < -0.39 is 23.5 Å². The lowest BCUT2D eigenvalue weighted by Gasteiger charge is -2.21. The molecule has 25 heavy (non-hydrogen) atoms. The first-order chi connectivity index (χ1) is 12.0. The maximum absolute atomic E-state index is 14.2. The first-order valence-electron chi connectivity index (χ1n) is 7.59. The van der Waals surface area contributed by atoms with Gasteiger partial charge in [-0.3, -0.25) is 9.59 Å². The van der Waals surface area contributed by atoms with E-state index in [0.29, 0.717) is 11.3 Å². The molecule has 1 amide bonds. The van der Waals surface area contributed by atoms with Crippen LogP contribution in [0.3, 0.4) is 0 Å². The van der Waals surface area contributed by atoms with Crippen LogP contribution in [0.15, 0.2) is 54.1 Å². The van der Waals surface area contributed by atoms with Crippen LogP contribution in [0.2, 0.25) is 0 Å². The van der Waals surface area contributed by atoms with E-state index in [1.807, 2.05) is 0 Å². The molecule has 1 N–H and O–H groups in total. The number of methoxy groups -OCH3 is 1. The summed E-state index contributed by atoms with van der Waals surface area (Å²) in [6.07, 6.45) is 0. The molecule has 128 valence electrons. The van der Waals surface area contributed by atoms with Crippen LogP contribution < -0.4 is 4.74 Å². The highest BCUT2D eigenvalue weighted by Crippen LogP contribution is 2.39. The van der Waals surface area contributed by atoms with Crippen LogP contribution in [0.1, 0.15) is 17.2 Å². The molecule has 2 aromatic rings. The maximum atomic E-state index is 14.2. The van der Waals surface area contributed by atoms with Gasteiger partial charge in [0, 0.05) is 18.2 Å². The number of ether oxygens (including phenoxy) is 1. The van der Waals surface area contributed by atoms with Crippen molar-refractivity contribution in [1.82, 2.24) is 4.90 Å². The van der Waals surface area contributed by atoms with Gasteiger partial charge in [-0.15, -0.1) is 0 Å². The number of hydrogen-bond acceptors (Lipinski definition) is 4. The molecular formula is C19H16FNO4. The monoisotopic (exact) mass is 341 g/mol. The average Bonchev–Trinajstić information content (AvgIpc) is 2.86. The van der Waals surface area contributed by atoms with E-state index in [9.17, 15) is 19.1 Å². The van der Waals surface area contributed by atoms with Crippen molar-refractivity contribution in [3.05, 3.63) is 71.0 Å². The quantitative estimate of drug-likeness (QED) is 0.530. The predicted octanol–water partition coefficient (Wildman–Crippen LogP) is 2.89. The fourth-order valence-corrected chi connectivity index (χ4v) is 2.91. The fraction of sp³-hybridized carbons (Fsp3) is 0.158. The van der Waals surface area contributed by atoms with Crippen molar-refractivity contribution in [1.29, 1.82) is 0 Å². The second-order valence-corrected chi connectivity index (χ2v) is 5.66. The highest BCUT2D eigenvalue weighted by molar-refractivity contribution is 6.46. The van der Waals surface area contributed by atoms with Gasteiger partial charge in [0.25, 0.3) is 11.7 Å². The number of Topliss-reactive ketones (excluding diaryl/α,β-unsaturated/α-hetero) is 1. The number of nitrogens with zero attached hydrogens (tertiary/aromatic N) is 1. The molecule has 0 spiro atoms. The maximum Gasteiger partial charge on any atom is 0.295 e. The summed E-state index contributed by atoms with van der Waals surface area (Å²) in [4.78, 5) is 25.7. The molecule has 1 atom stereocenters. The van der Waals surface area contributed by atoms with Crippen LogP contribution >= 0.6 is 0 Å². The van der Waals surface area contributed by atoms with Crippen molar-refractivity contribution < 1.29 is 23.8 Å². The van der Waals surface area contributed by atoms with E-state index in [-0.39, 0.29) is 16.9 Å². The lowest BCUT2D eigenvalue weighted by atomic mass is 9.95. The highest BCUT2D eigenvalue weighted by Gasteiger charge is 2.45. The number of likely N-dealkylation sites (N-methyl/N-ethyl adjacent to an activating group) is 1. The SMILES string of the molecule is COc1ccc(/C(O)=C2\C(=O)C(=O)N(C)[C@@H]2c2ccccc2F)cc1. The van der Waals surface area contributed by atoms with Gasteiger partial charge in [-0.2, -0.15) is 0 Å². The number of aliphatic hydroxyl groups is 1. The van der Waals surface area contributed by atoms with E-state index in [1.165, 1.54) is 32.4 Å². The molecule has 1 heterocycles. The Balaban J connectivity index is 2.17. The summed E-state index contributed by atoms with van der Waals surface area (Å²) in [7, 11) is 2.92. The summed E-state index contributed by atoms with van der Waals surface area (Å²) in [5.41, 5.74) is 0.357. The zero-order chi connectivity index (χ0) is 18.1. The number of amides is 1. The molecule has 5 nitrogen and oxygen atoms in total. The smallest absolute Gasteiger partial charge is 0.295 e. The van der Waals surface area contributed by atoms with Crippen LogP contribution in [0.4, 0.5) is 4.39 Å².